The fraction of sp³-hybridized carbons (Fsp3) is 0.238. The summed E-state index contributed by atoms with van der Waals surface area (Å²) in [6.45, 7) is 1.10. The minimum atomic E-state index is -0.280. The first-order valence-corrected chi connectivity index (χ1v) is 9.24. The molecule has 1 aliphatic heterocycles. The van der Waals surface area contributed by atoms with E-state index in [0.717, 1.165) is 12.0 Å². The number of carbonyl (C=O) groups is 2. The van der Waals surface area contributed by atoms with E-state index >= 15 is 0 Å². The molecule has 1 unspecified atom stereocenters. The van der Waals surface area contributed by atoms with Gasteiger partial charge in [0, 0.05) is 35.9 Å². The third-order valence-corrected chi connectivity index (χ3v) is 4.71. The maximum atomic E-state index is 12.8. The molecule has 140 valence electrons. The lowest BCUT2D eigenvalue weighted by molar-refractivity contribution is -0.130. The quantitative estimate of drug-likeness (QED) is 0.807. The number of halogens is 1. The summed E-state index contributed by atoms with van der Waals surface area (Å²) in [6, 6.07) is 16.5. The molecule has 5 nitrogen and oxygen atoms in total. The molecule has 0 saturated carbocycles. The van der Waals surface area contributed by atoms with Gasteiger partial charge in [-0.05, 0) is 36.3 Å². The fourth-order valence-corrected chi connectivity index (χ4v) is 3.20. The van der Waals surface area contributed by atoms with Gasteiger partial charge in [0.2, 0.25) is 5.91 Å². The molecule has 1 saturated heterocycles. The van der Waals surface area contributed by atoms with Crippen molar-refractivity contribution in [2.75, 3.05) is 24.5 Å². The van der Waals surface area contributed by atoms with Crippen LogP contribution in [0.25, 0.3) is 6.08 Å². The lowest BCUT2D eigenvalue weighted by atomic mass is 10.2. The van der Waals surface area contributed by atoms with Gasteiger partial charge in [-0.2, -0.15) is 0 Å². The standard InChI is InChI=1S/C21H22ClN3O2/c22-17-7-4-8-19(13-17)25(15-21(27)24-12-11-18(23)14-24)20(26)10-9-16-5-2-1-3-6-16/h1-10,13,18H,11-12,14-15,23H2. The number of carbonyl (C=O) groups excluding carboxylic acids is 2. The van der Waals surface area contributed by atoms with Crippen LogP contribution in [0, 0.1) is 0 Å². The second-order valence-electron chi connectivity index (χ2n) is 6.54. The number of likely N-dealkylation sites (tertiary alicyclic amines) is 1. The summed E-state index contributed by atoms with van der Waals surface area (Å²) >= 11 is 6.08. The highest BCUT2D eigenvalue weighted by Crippen LogP contribution is 2.21. The number of amides is 2. The predicted octanol–water partition coefficient (Wildman–Crippen LogP) is 2.95. The van der Waals surface area contributed by atoms with Gasteiger partial charge in [-0.1, -0.05) is 48.0 Å². The average molecular weight is 384 g/mol. The summed E-state index contributed by atoms with van der Waals surface area (Å²) in [4.78, 5) is 28.6. The van der Waals surface area contributed by atoms with E-state index in [-0.39, 0.29) is 24.4 Å². The van der Waals surface area contributed by atoms with Crippen molar-refractivity contribution in [2.24, 2.45) is 5.73 Å². The number of nitrogens with zero attached hydrogens (tertiary/aromatic N) is 2. The van der Waals surface area contributed by atoms with Gasteiger partial charge in [-0.25, -0.2) is 0 Å². The Morgan fingerprint density at radius 3 is 2.63 bits per heavy atom. The third kappa shape index (κ3) is 5.18. The summed E-state index contributed by atoms with van der Waals surface area (Å²) < 4.78 is 0. The van der Waals surface area contributed by atoms with Crippen LogP contribution >= 0.6 is 11.6 Å². The lowest BCUT2D eigenvalue weighted by Gasteiger charge is -2.24. The Hall–Kier alpha value is -2.63. The lowest BCUT2D eigenvalue weighted by Crippen LogP contribution is -2.42. The van der Waals surface area contributed by atoms with E-state index in [4.69, 9.17) is 17.3 Å². The Morgan fingerprint density at radius 2 is 1.96 bits per heavy atom. The molecule has 1 atom stereocenters. The van der Waals surface area contributed by atoms with Crippen molar-refractivity contribution in [1.29, 1.82) is 0 Å². The van der Waals surface area contributed by atoms with Crippen LogP contribution in [0.2, 0.25) is 5.02 Å². The maximum Gasteiger partial charge on any atom is 0.251 e. The third-order valence-electron chi connectivity index (χ3n) is 4.47. The number of hydrogen-bond acceptors (Lipinski definition) is 3. The van der Waals surface area contributed by atoms with E-state index in [1.54, 1.807) is 35.2 Å². The normalized spacial score (nSPS) is 16.7. The van der Waals surface area contributed by atoms with Gasteiger partial charge in [0.1, 0.15) is 6.54 Å². The smallest absolute Gasteiger partial charge is 0.251 e. The molecule has 0 aromatic heterocycles. The molecule has 27 heavy (non-hydrogen) atoms. The number of hydrogen-bond donors (Lipinski definition) is 1. The van der Waals surface area contributed by atoms with E-state index in [1.165, 1.54) is 11.0 Å². The molecule has 2 N–H and O–H groups in total. The fourth-order valence-electron chi connectivity index (χ4n) is 3.01. The Bertz CT molecular complexity index is 838. The highest BCUT2D eigenvalue weighted by molar-refractivity contribution is 6.31. The molecule has 3 rings (SSSR count). The van der Waals surface area contributed by atoms with Crippen molar-refractivity contribution in [2.45, 2.75) is 12.5 Å². The zero-order chi connectivity index (χ0) is 19.2. The molecule has 2 aromatic carbocycles. The Labute approximate surface area is 164 Å². The molecular formula is C21H22ClN3O2. The van der Waals surface area contributed by atoms with Crippen LogP contribution in [-0.2, 0) is 9.59 Å². The minimum Gasteiger partial charge on any atom is -0.340 e. The molecule has 2 amide bonds. The van der Waals surface area contributed by atoms with Crippen LogP contribution in [0.15, 0.2) is 60.7 Å². The van der Waals surface area contributed by atoms with E-state index in [1.807, 2.05) is 30.3 Å². The molecule has 0 radical (unpaired) electrons. The Kier molecular flexibility index (Phi) is 6.27. The van der Waals surface area contributed by atoms with Gasteiger partial charge in [0.15, 0.2) is 0 Å². The van der Waals surface area contributed by atoms with Gasteiger partial charge in [0.05, 0.1) is 0 Å². The van der Waals surface area contributed by atoms with Gasteiger partial charge in [0.25, 0.3) is 5.91 Å². The Morgan fingerprint density at radius 1 is 1.19 bits per heavy atom. The Balaban J connectivity index is 1.80. The second kappa shape index (κ2) is 8.84. The van der Waals surface area contributed by atoms with Crippen LogP contribution < -0.4 is 10.6 Å². The monoisotopic (exact) mass is 383 g/mol. The van der Waals surface area contributed by atoms with Gasteiger partial charge < -0.3 is 10.6 Å². The zero-order valence-corrected chi connectivity index (χ0v) is 15.7. The van der Waals surface area contributed by atoms with Crippen molar-refractivity contribution >= 4 is 35.2 Å². The molecule has 0 aliphatic carbocycles. The predicted molar refractivity (Wildman–Crippen MR) is 108 cm³/mol. The van der Waals surface area contributed by atoms with Crippen molar-refractivity contribution in [3.63, 3.8) is 0 Å². The molecule has 1 heterocycles. The van der Waals surface area contributed by atoms with E-state index in [9.17, 15) is 9.59 Å². The van der Waals surface area contributed by atoms with Crippen LogP contribution in [-0.4, -0.2) is 42.4 Å². The average Bonchev–Trinajstić information content (AvgIpc) is 3.11. The number of nitrogens with two attached hydrogens (primary N) is 1. The zero-order valence-electron chi connectivity index (χ0n) is 14.9. The number of rotatable bonds is 5. The summed E-state index contributed by atoms with van der Waals surface area (Å²) in [5.74, 6) is -0.401. The second-order valence-corrected chi connectivity index (χ2v) is 6.97. The number of anilines is 1. The van der Waals surface area contributed by atoms with Crippen LogP contribution in [0.3, 0.4) is 0 Å². The van der Waals surface area contributed by atoms with E-state index in [0.29, 0.717) is 23.8 Å². The van der Waals surface area contributed by atoms with Gasteiger partial charge >= 0.3 is 0 Å². The van der Waals surface area contributed by atoms with E-state index < -0.39 is 0 Å². The topological polar surface area (TPSA) is 66.6 Å². The van der Waals surface area contributed by atoms with Crippen molar-refractivity contribution in [3.05, 3.63) is 71.3 Å². The molecule has 0 bridgehead atoms. The van der Waals surface area contributed by atoms with Crippen molar-refractivity contribution in [3.8, 4) is 0 Å². The molecule has 0 spiro atoms. The molecule has 2 aromatic rings. The first-order chi connectivity index (χ1) is 13.0. The number of benzene rings is 2. The maximum absolute atomic E-state index is 12.8. The highest BCUT2D eigenvalue weighted by Gasteiger charge is 2.26. The molecule has 1 aliphatic rings. The summed E-state index contributed by atoms with van der Waals surface area (Å²) in [5, 5.41) is 0.507. The van der Waals surface area contributed by atoms with Gasteiger partial charge in [-0.15, -0.1) is 0 Å². The minimum absolute atomic E-state index is 0.00208. The largest absolute Gasteiger partial charge is 0.340 e. The summed E-state index contributed by atoms with van der Waals surface area (Å²) in [7, 11) is 0. The van der Waals surface area contributed by atoms with Crippen molar-refractivity contribution < 1.29 is 9.59 Å². The SMILES string of the molecule is NC1CCN(C(=O)CN(C(=O)C=Cc2ccccc2)c2cccc(Cl)c2)C1. The van der Waals surface area contributed by atoms with Crippen LogP contribution in [0.4, 0.5) is 5.69 Å². The van der Waals surface area contributed by atoms with E-state index in [2.05, 4.69) is 0 Å². The first kappa shape index (κ1) is 19.1. The molecular weight excluding hydrogens is 362 g/mol. The molecule has 1 fully saturated rings. The summed E-state index contributed by atoms with van der Waals surface area (Å²) in [5.41, 5.74) is 7.39. The van der Waals surface area contributed by atoms with Crippen LogP contribution in [0.5, 0.6) is 0 Å². The first-order valence-electron chi connectivity index (χ1n) is 8.86. The highest BCUT2D eigenvalue weighted by atomic mass is 35.5. The van der Waals surface area contributed by atoms with Crippen molar-refractivity contribution in [1.82, 2.24) is 4.90 Å². The van der Waals surface area contributed by atoms with Crippen LogP contribution in [0.1, 0.15) is 12.0 Å². The molecule has 6 heteroatoms. The van der Waals surface area contributed by atoms with Gasteiger partial charge in [-0.3, -0.25) is 14.5 Å². The summed E-state index contributed by atoms with van der Waals surface area (Å²) in [6.07, 6.45) is 3.99.